The average Bonchev–Trinajstić information content (AvgIpc) is 2.48. The maximum absolute atomic E-state index is 13.5. The monoisotopic (exact) mass is 294 g/mol. The topological polar surface area (TPSA) is 74.4 Å². The number of nitrogens with two attached hydrogens (primary N) is 1. The Bertz CT molecular complexity index is 677. The smallest absolute Gasteiger partial charge is 0.341 e. The van der Waals surface area contributed by atoms with Gasteiger partial charge in [-0.2, -0.15) is 0 Å². The molecule has 0 radical (unpaired) electrons. The molecule has 2 aromatic rings. The molecule has 0 aliphatic heterocycles. The van der Waals surface area contributed by atoms with E-state index in [4.69, 9.17) is 15.2 Å². The van der Waals surface area contributed by atoms with Crippen molar-refractivity contribution >= 4 is 11.7 Å². The van der Waals surface area contributed by atoms with E-state index in [-0.39, 0.29) is 12.3 Å². The summed E-state index contributed by atoms with van der Waals surface area (Å²) in [7, 11) is 1.45. The van der Waals surface area contributed by atoms with Gasteiger partial charge in [-0.15, -0.1) is 0 Å². The van der Waals surface area contributed by atoms with Crippen LogP contribution in [0.3, 0.4) is 0 Å². The molecule has 1 aromatic carbocycles. The third-order valence-electron chi connectivity index (χ3n) is 2.65. The van der Waals surface area contributed by atoms with Gasteiger partial charge in [0.2, 0.25) is 5.88 Å². The number of methoxy groups -OCH3 is 1. The molecule has 0 atom stereocenters. The van der Waals surface area contributed by atoms with Gasteiger partial charge in [0.1, 0.15) is 18.2 Å². The van der Waals surface area contributed by atoms with Crippen LogP contribution in [0.2, 0.25) is 0 Å². The molecule has 0 saturated carbocycles. The summed E-state index contributed by atoms with van der Waals surface area (Å²) < 4.78 is 36.3. The maximum atomic E-state index is 13.5. The molecular weight excluding hydrogens is 282 g/mol. The first-order valence-corrected chi connectivity index (χ1v) is 5.93. The van der Waals surface area contributed by atoms with Crippen LogP contribution in [-0.2, 0) is 11.3 Å². The maximum Gasteiger partial charge on any atom is 0.341 e. The fraction of sp³-hybridized carbons (Fsp3) is 0.143. The third kappa shape index (κ3) is 3.44. The molecular formula is C14H12F2N2O3. The summed E-state index contributed by atoms with van der Waals surface area (Å²) in [6.07, 6.45) is 0. The first-order chi connectivity index (χ1) is 10.0. The summed E-state index contributed by atoms with van der Waals surface area (Å²) >= 11 is 0. The van der Waals surface area contributed by atoms with Crippen LogP contribution < -0.4 is 10.5 Å². The van der Waals surface area contributed by atoms with Gasteiger partial charge >= 0.3 is 5.97 Å². The van der Waals surface area contributed by atoms with Gasteiger partial charge in [0.15, 0.2) is 0 Å². The van der Waals surface area contributed by atoms with E-state index in [2.05, 4.69) is 4.98 Å². The van der Waals surface area contributed by atoms with E-state index in [1.807, 2.05) is 0 Å². The van der Waals surface area contributed by atoms with Crippen LogP contribution in [0.25, 0.3) is 0 Å². The fourth-order valence-electron chi connectivity index (χ4n) is 1.59. The van der Waals surface area contributed by atoms with Crippen molar-refractivity contribution in [3.05, 3.63) is 53.2 Å². The number of halogens is 2. The number of esters is 1. The average molecular weight is 294 g/mol. The number of rotatable bonds is 4. The largest absolute Gasteiger partial charge is 0.481 e. The molecule has 110 valence electrons. The van der Waals surface area contributed by atoms with Crippen molar-refractivity contribution in [1.82, 2.24) is 4.98 Å². The summed E-state index contributed by atoms with van der Waals surface area (Å²) in [5, 5.41) is 0. The number of aromatic nitrogens is 1. The van der Waals surface area contributed by atoms with Crippen molar-refractivity contribution in [2.75, 3.05) is 12.8 Å². The van der Waals surface area contributed by atoms with E-state index in [0.29, 0.717) is 17.6 Å². The third-order valence-corrected chi connectivity index (χ3v) is 2.65. The molecule has 0 aliphatic rings. The molecule has 1 aromatic heterocycles. The Morgan fingerprint density at radius 2 is 2.05 bits per heavy atom. The van der Waals surface area contributed by atoms with E-state index in [1.54, 1.807) is 18.2 Å². The highest BCUT2D eigenvalue weighted by Gasteiger charge is 2.16. The second-order valence-corrected chi connectivity index (χ2v) is 4.10. The van der Waals surface area contributed by atoms with Gasteiger partial charge in [0, 0.05) is 12.1 Å². The Labute approximate surface area is 119 Å². The Hall–Kier alpha value is -2.70. The zero-order valence-corrected chi connectivity index (χ0v) is 11.1. The van der Waals surface area contributed by atoms with Crippen molar-refractivity contribution < 1.29 is 23.0 Å². The number of nitrogens with zero attached hydrogens (tertiary/aromatic N) is 1. The minimum atomic E-state index is -1.04. The number of pyridine rings is 1. The Morgan fingerprint density at radius 1 is 1.29 bits per heavy atom. The first-order valence-electron chi connectivity index (χ1n) is 5.93. The van der Waals surface area contributed by atoms with E-state index >= 15 is 0 Å². The summed E-state index contributed by atoms with van der Waals surface area (Å²) in [6.45, 7) is -0.174. The lowest BCUT2D eigenvalue weighted by Crippen LogP contribution is -2.10. The van der Waals surface area contributed by atoms with Gasteiger partial charge in [0.05, 0.1) is 24.1 Å². The number of carbonyl (C=O) groups excluding carboxylic acids is 1. The van der Waals surface area contributed by atoms with Gasteiger partial charge in [-0.05, 0) is 12.1 Å². The van der Waals surface area contributed by atoms with Gasteiger partial charge in [-0.25, -0.2) is 18.6 Å². The van der Waals surface area contributed by atoms with Crippen molar-refractivity contribution in [3.8, 4) is 5.88 Å². The van der Waals surface area contributed by atoms with E-state index in [0.717, 1.165) is 6.07 Å². The number of anilines is 1. The van der Waals surface area contributed by atoms with Crippen LogP contribution in [-0.4, -0.2) is 18.1 Å². The number of benzene rings is 1. The van der Waals surface area contributed by atoms with Crippen LogP contribution >= 0.6 is 0 Å². The Kier molecular flexibility index (Phi) is 4.32. The van der Waals surface area contributed by atoms with Gasteiger partial charge in [-0.3, -0.25) is 0 Å². The molecule has 0 spiro atoms. The summed E-state index contributed by atoms with van der Waals surface area (Å²) in [5.41, 5.74) is 4.96. The summed E-state index contributed by atoms with van der Waals surface area (Å²) in [5.74, 6) is -2.56. The highest BCUT2D eigenvalue weighted by Crippen LogP contribution is 2.18. The SMILES string of the molecule is COc1cccc(COC(=O)c2cc(N)c(F)cc2F)n1. The molecule has 0 aliphatic carbocycles. The molecule has 0 bridgehead atoms. The molecule has 0 saturated heterocycles. The lowest BCUT2D eigenvalue weighted by atomic mass is 10.2. The highest BCUT2D eigenvalue weighted by atomic mass is 19.1. The highest BCUT2D eigenvalue weighted by molar-refractivity contribution is 5.90. The molecule has 0 unspecified atom stereocenters. The lowest BCUT2D eigenvalue weighted by molar-refractivity contribution is 0.0461. The standard InChI is InChI=1S/C14H12F2N2O3/c1-20-13-4-2-3-8(18-13)7-21-14(19)9-5-12(17)11(16)6-10(9)15/h2-6H,7,17H2,1H3. The quantitative estimate of drug-likeness (QED) is 0.692. The predicted molar refractivity (Wildman–Crippen MR) is 70.7 cm³/mol. The summed E-state index contributed by atoms with van der Waals surface area (Å²) in [6, 6.07) is 6.35. The van der Waals surface area contributed by atoms with Crippen LogP contribution in [0.15, 0.2) is 30.3 Å². The molecule has 7 heteroatoms. The number of nitrogen functional groups attached to an aromatic ring is 1. The predicted octanol–water partition coefficient (Wildman–Crippen LogP) is 2.31. The van der Waals surface area contributed by atoms with Crippen molar-refractivity contribution in [2.45, 2.75) is 6.61 Å². The number of carbonyl (C=O) groups is 1. The minimum absolute atomic E-state index is 0.174. The van der Waals surface area contributed by atoms with Gasteiger partial charge in [-0.1, -0.05) is 6.07 Å². The van der Waals surface area contributed by atoms with Crippen LogP contribution in [0.4, 0.5) is 14.5 Å². The normalized spacial score (nSPS) is 10.2. The second kappa shape index (κ2) is 6.17. The van der Waals surface area contributed by atoms with E-state index in [1.165, 1.54) is 7.11 Å². The first kappa shape index (κ1) is 14.7. The zero-order chi connectivity index (χ0) is 15.4. The fourth-order valence-corrected chi connectivity index (χ4v) is 1.59. The van der Waals surface area contributed by atoms with Gasteiger partial charge < -0.3 is 15.2 Å². The van der Waals surface area contributed by atoms with Crippen molar-refractivity contribution in [2.24, 2.45) is 0 Å². The molecule has 0 amide bonds. The molecule has 2 rings (SSSR count). The molecule has 0 fully saturated rings. The van der Waals surface area contributed by atoms with Crippen molar-refractivity contribution in [1.29, 1.82) is 0 Å². The minimum Gasteiger partial charge on any atom is -0.481 e. The van der Waals surface area contributed by atoms with Gasteiger partial charge in [0.25, 0.3) is 0 Å². The molecule has 21 heavy (non-hydrogen) atoms. The number of hydrogen-bond acceptors (Lipinski definition) is 5. The van der Waals surface area contributed by atoms with Crippen LogP contribution in [0, 0.1) is 11.6 Å². The number of ether oxygens (including phenoxy) is 2. The summed E-state index contributed by atoms with van der Waals surface area (Å²) in [4.78, 5) is 15.8. The molecule has 5 nitrogen and oxygen atoms in total. The van der Waals surface area contributed by atoms with Crippen molar-refractivity contribution in [3.63, 3.8) is 0 Å². The number of hydrogen-bond donors (Lipinski definition) is 1. The van der Waals surface area contributed by atoms with E-state index < -0.39 is 23.2 Å². The van der Waals surface area contributed by atoms with Crippen LogP contribution in [0.1, 0.15) is 16.1 Å². The molecule has 2 N–H and O–H groups in total. The lowest BCUT2D eigenvalue weighted by Gasteiger charge is -2.07. The van der Waals surface area contributed by atoms with Crippen LogP contribution in [0.5, 0.6) is 5.88 Å². The Balaban J connectivity index is 2.10. The molecule has 1 heterocycles. The second-order valence-electron chi connectivity index (χ2n) is 4.10. The Morgan fingerprint density at radius 3 is 2.76 bits per heavy atom. The van der Waals surface area contributed by atoms with E-state index in [9.17, 15) is 13.6 Å². The zero-order valence-electron chi connectivity index (χ0n) is 11.1.